The number of hydrogen-bond donors (Lipinski definition) is 2. The van der Waals surface area contributed by atoms with Crippen molar-refractivity contribution in [3.05, 3.63) is 30.3 Å². The number of rotatable bonds is 8. The number of carbonyl (C=O) groups is 1. The van der Waals surface area contributed by atoms with Gasteiger partial charge in [-0.25, -0.2) is 0 Å². The van der Waals surface area contributed by atoms with Crippen LogP contribution in [0.15, 0.2) is 30.3 Å². The number of anilines is 1. The number of hydrogen-bond acceptors (Lipinski definition) is 4. The van der Waals surface area contributed by atoms with Crippen molar-refractivity contribution >= 4 is 11.7 Å². The molecular formula is C20H26F2N4O2. The highest BCUT2D eigenvalue weighted by atomic mass is 19.3. The number of alkyl halides is 2. The van der Waals surface area contributed by atoms with Crippen molar-refractivity contribution in [1.82, 2.24) is 15.1 Å². The van der Waals surface area contributed by atoms with Crippen LogP contribution in [-0.4, -0.2) is 46.7 Å². The van der Waals surface area contributed by atoms with Gasteiger partial charge in [-0.05, 0) is 69.1 Å². The van der Waals surface area contributed by atoms with Crippen molar-refractivity contribution < 1.29 is 18.3 Å². The van der Waals surface area contributed by atoms with Crippen LogP contribution in [0.2, 0.25) is 0 Å². The molecule has 2 aromatic rings. The summed E-state index contributed by atoms with van der Waals surface area (Å²) in [6.07, 6.45) is 5.03. The van der Waals surface area contributed by atoms with E-state index in [1.54, 1.807) is 18.2 Å². The first kappa shape index (κ1) is 20.3. The van der Waals surface area contributed by atoms with Crippen molar-refractivity contribution in [3.8, 4) is 17.0 Å². The molecular weight excluding hydrogens is 366 g/mol. The SMILES string of the molecule is CC1CCCCN1CCCC(=O)Nc1cc(-c2ccc(OC(F)F)cc2)[nH]n1. The molecule has 1 fully saturated rings. The lowest BCUT2D eigenvalue weighted by atomic mass is 10.0. The van der Waals surface area contributed by atoms with Crippen LogP contribution in [0, 0.1) is 0 Å². The van der Waals surface area contributed by atoms with Gasteiger partial charge in [-0.3, -0.25) is 9.89 Å². The standard InChI is InChI=1S/C20H26F2N4O2/c1-14-5-2-3-11-26(14)12-4-6-19(27)23-18-13-17(24-25-18)15-7-9-16(10-8-15)28-20(21)22/h7-10,13-14,20H,2-6,11-12H2,1H3,(H2,23,24,25,27). The van der Waals surface area contributed by atoms with E-state index in [-0.39, 0.29) is 11.7 Å². The highest BCUT2D eigenvalue weighted by Gasteiger charge is 2.18. The van der Waals surface area contributed by atoms with Crippen LogP contribution in [0.3, 0.4) is 0 Å². The number of aromatic amines is 1. The normalized spacial score (nSPS) is 17.6. The molecule has 0 saturated carbocycles. The quantitative estimate of drug-likeness (QED) is 0.704. The largest absolute Gasteiger partial charge is 0.435 e. The first-order valence-electron chi connectivity index (χ1n) is 9.66. The van der Waals surface area contributed by atoms with Crippen LogP contribution in [0.5, 0.6) is 5.75 Å². The Kier molecular flexibility index (Phi) is 6.97. The van der Waals surface area contributed by atoms with Crippen LogP contribution in [0.4, 0.5) is 14.6 Å². The molecule has 1 aromatic heterocycles. The molecule has 0 spiro atoms. The van der Waals surface area contributed by atoms with Gasteiger partial charge in [-0.1, -0.05) is 6.42 Å². The summed E-state index contributed by atoms with van der Waals surface area (Å²) in [5, 5.41) is 9.73. The maximum Gasteiger partial charge on any atom is 0.387 e. The molecule has 6 nitrogen and oxygen atoms in total. The molecule has 8 heteroatoms. The number of amides is 1. The molecule has 1 aliphatic rings. The maximum absolute atomic E-state index is 12.2. The minimum Gasteiger partial charge on any atom is -0.435 e. The minimum atomic E-state index is -2.85. The summed E-state index contributed by atoms with van der Waals surface area (Å²) >= 11 is 0. The first-order chi connectivity index (χ1) is 13.5. The van der Waals surface area contributed by atoms with E-state index < -0.39 is 6.61 Å². The first-order valence-corrected chi connectivity index (χ1v) is 9.66. The summed E-state index contributed by atoms with van der Waals surface area (Å²) in [6.45, 7) is 1.45. The number of aromatic nitrogens is 2. The van der Waals surface area contributed by atoms with Gasteiger partial charge in [-0.2, -0.15) is 13.9 Å². The smallest absolute Gasteiger partial charge is 0.387 e. The zero-order valence-corrected chi connectivity index (χ0v) is 16.0. The fourth-order valence-corrected chi connectivity index (χ4v) is 3.49. The molecule has 1 saturated heterocycles. The lowest BCUT2D eigenvalue weighted by molar-refractivity contribution is -0.116. The lowest BCUT2D eigenvalue weighted by Gasteiger charge is -2.33. The molecule has 28 heavy (non-hydrogen) atoms. The van der Waals surface area contributed by atoms with Crippen molar-refractivity contribution in [2.75, 3.05) is 18.4 Å². The predicted octanol–water partition coefficient (Wildman–Crippen LogP) is 4.27. The predicted molar refractivity (Wildman–Crippen MR) is 103 cm³/mol. The number of halogens is 2. The third kappa shape index (κ3) is 5.76. The molecule has 2 N–H and O–H groups in total. The molecule has 3 rings (SSSR count). The minimum absolute atomic E-state index is 0.0663. The van der Waals surface area contributed by atoms with Crippen LogP contribution >= 0.6 is 0 Å². The molecule has 2 heterocycles. The Bertz CT molecular complexity index is 764. The summed E-state index contributed by atoms with van der Waals surface area (Å²) in [7, 11) is 0. The number of benzene rings is 1. The Morgan fingerprint density at radius 3 is 2.86 bits per heavy atom. The highest BCUT2D eigenvalue weighted by Crippen LogP contribution is 2.23. The zero-order chi connectivity index (χ0) is 19.9. The Balaban J connectivity index is 1.46. The monoisotopic (exact) mass is 392 g/mol. The summed E-state index contributed by atoms with van der Waals surface area (Å²) in [5.41, 5.74) is 1.44. The van der Waals surface area contributed by atoms with Gasteiger partial charge >= 0.3 is 6.61 Å². The van der Waals surface area contributed by atoms with E-state index >= 15 is 0 Å². The molecule has 0 radical (unpaired) electrons. The fourth-order valence-electron chi connectivity index (χ4n) is 3.49. The van der Waals surface area contributed by atoms with Crippen molar-refractivity contribution in [1.29, 1.82) is 0 Å². The van der Waals surface area contributed by atoms with Gasteiger partial charge in [0, 0.05) is 18.5 Å². The number of nitrogens with zero attached hydrogens (tertiary/aromatic N) is 2. The van der Waals surface area contributed by atoms with E-state index in [4.69, 9.17) is 0 Å². The summed E-state index contributed by atoms with van der Waals surface area (Å²) < 4.78 is 28.7. The van der Waals surface area contributed by atoms with Crippen molar-refractivity contribution in [2.45, 2.75) is 51.7 Å². The number of carbonyl (C=O) groups excluding carboxylic acids is 1. The summed E-state index contributed by atoms with van der Waals surface area (Å²) in [5.74, 6) is 0.470. The molecule has 1 atom stereocenters. The summed E-state index contributed by atoms with van der Waals surface area (Å²) in [6, 6.07) is 8.54. The van der Waals surface area contributed by atoms with Gasteiger partial charge in [0.15, 0.2) is 5.82 Å². The molecule has 1 aromatic carbocycles. The number of H-pyrrole nitrogens is 1. The van der Waals surface area contributed by atoms with E-state index in [0.717, 1.165) is 25.1 Å². The van der Waals surface area contributed by atoms with E-state index in [2.05, 4.69) is 32.1 Å². The molecule has 152 valence electrons. The second kappa shape index (κ2) is 9.64. The highest BCUT2D eigenvalue weighted by molar-refractivity contribution is 5.90. The maximum atomic E-state index is 12.2. The van der Waals surface area contributed by atoms with Crippen molar-refractivity contribution in [3.63, 3.8) is 0 Å². The topological polar surface area (TPSA) is 70.2 Å². The van der Waals surface area contributed by atoms with Gasteiger partial charge < -0.3 is 15.0 Å². The van der Waals surface area contributed by atoms with Crippen LogP contribution < -0.4 is 10.1 Å². The average molecular weight is 392 g/mol. The third-order valence-electron chi connectivity index (χ3n) is 5.03. The molecule has 1 unspecified atom stereocenters. The van der Waals surface area contributed by atoms with Gasteiger partial charge in [0.1, 0.15) is 5.75 Å². The Labute approximate surface area is 163 Å². The van der Waals surface area contributed by atoms with Gasteiger partial charge in [0.2, 0.25) is 5.91 Å². The number of piperidine rings is 1. The van der Waals surface area contributed by atoms with Gasteiger partial charge in [0.05, 0.1) is 5.69 Å². The van der Waals surface area contributed by atoms with Crippen LogP contribution in [0.25, 0.3) is 11.3 Å². The van der Waals surface area contributed by atoms with Crippen molar-refractivity contribution in [2.24, 2.45) is 0 Å². The fraction of sp³-hybridized carbons (Fsp3) is 0.500. The molecule has 1 amide bonds. The number of likely N-dealkylation sites (tertiary alicyclic amines) is 1. The van der Waals surface area contributed by atoms with Gasteiger partial charge in [-0.15, -0.1) is 0 Å². The molecule has 1 aliphatic heterocycles. The van der Waals surface area contributed by atoms with E-state index in [1.165, 1.54) is 31.4 Å². The molecule has 0 aliphatic carbocycles. The summed E-state index contributed by atoms with van der Waals surface area (Å²) in [4.78, 5) is 14.6. The molecule has 0 bridgehead atoms. The van der Waals surface area contributed by atoms with E-state index in [9.17, 15) is 13.6 Å². The number of nitrogens with one attached hydrogen (secondary N) is 2. The second-order valence-corrected chi connectivity index (χ2v) is 7.10. The van der Waals surface area contributed by atoms with E-state index in [1.807, 2.05) is 0 Å². The Hall–Kier alpha value is -2.48. The van der Waals surface area contributed by atoms with Gasteiger partial charge in [0.25, 0.3) is 0 Å². The average Bonchev–Trinajstić information content (AvgIpc) is 3.12. The van der Waals surface area contributed by atoms with E-state index in [0.29, 0.717) is 24.0 Å². The second-order valence-electron chi connectivity index (χ2n) is 7.10. The third-order valence-corrected chi connectivity index (χ3v) is 5.03. The van der Waals surface area contributed by atoms with Crippen LogP contribution in [0.1, 0.15) is 39.0 Å². The zero-order valence-electron chi connectivity index (χ0n) is 16.0. The Morgan fingerprint density at radius 1 is 1.36 bits per heavy atom. The van der Waals surface area contributed by atoms with Crippen LogP contribution in [-0.2, 0) is 4.79 Å². The lowest BCUT2D eigenvalue weighted by Crippen LogP contribution is -2.38. The number of ether oxygens (including phenoxy) is 1. The Morgan fingerprint density at radius 2 is 2.14 bits per heavy atom.